The molecule has 1 aromatic heterocycles. The predicted octanol–water partition coefficient (Wildman–Crippen LogP) is -0.868. The summed E-state index contributed by atoms with van der Waals surface area (Å²) in [7, 11) is 1.65. The van der Waals surface area contributed by atoms with Gasteiger partial charge in [-0.15, -0.1) is 5.10 Å². The van der Waals surface area contributed by atoms with E-state index in [9.17, 15) is 4.79 Å². The lowest BCUT2D eigenvalue weighted by Crippen LogP contribution is -2.28. The highest BCUT2D eigenvalue weighted by atomic mass is 16.5. The molecule has 1 aromatic rings. The molecule has 0 bridgehead atoms. The SMILES string of the molecule is COCCNCc1nnc(N2CCNC(=O)CC2)o1. The lowest BCUT2D eigenvalue weighted by Gasteiger charge is -2.15. The summed E-state index contributed by atoms with van der Waals surface area (Å²) in [5.74, 6) is 0.595. The number of nitrogens with zero attached hydrogens (tertiary/aromatic N) is 3. The van der Waals surface area contributed by atoms with Gasteiger partial charge in [-0.3, -0.25) is 4.79 Å². The van der Waals surface area contributed by atoms with E-state index < -0.39 is 0 Å². The smallest absolute Gasteiger partial charge is 0.318 e. The van der Waals surface area contributed by atoms with Crippen LogP contribution in [0, 0.1) is 0 Å². The maximum absolute atomic E-state index is 11.2. The average Bonchev–Trinajstić information content (AvgIpc) is 2.77. The van der Waals surface area contributed by atoms with Crippen LogP contribution in [-0.2, 0) is 16.1 Å². The van der Waals surface area contributed by atoms with Crippen molar-refractivity contribution >= 4 is 11.9 Å². The normalized spacial score (nSPS) is 16.3. The van der Waals surface area contributed by atoms with Crippen LogP contribution >= 0.6 is 0 Å². The molecule has 1 aliphatic rings. The molecular formula is C11H19N5O3. The molecule has 0 atom stereocenters. The Kier molecular flexibility index (Phi) is 5.10. The average molecular weight is 269 g/mol. The molecule has 0 aromatic carbocycles. The fourth-order valence-electron chi connectivity index (χ4n) is 1.77. The molecule has 1 amide bonds. The molecule has 1 aliphatic heterocycles. The van der Waals surface area contributed by atoms with Crippen LogP contribution in [0.3, 0.4) is 0 Å². The highest BCUT2D eigenvalue weighted by molar-refractivity contribution is 5.76. The first-order valence-electron chi connectivity index (χ1n) is 6.33. The number of anilines is 1. The lowest BCUT2D eigenvalue weighted by molar-refractivity contribution is -0.120. The van der Waals surface area contributed by atoms with Crippen molar-refractivity contribution < 1.29 is 13.9 Å². The van der Waals surface area contributed by atoms with E-state index >= 15 is 0 Å². The molecule has 2 rings (SSSR count). The van der Waals surface area contributed by atoms with Crippen LogP contribution in [0.5, 0.6) is 0 Å². The van der Waals surface area contributed by atoms with Crippen molar-refractivity contribution in [1.82, 2.24) is 20.8 Å². The zero-order chi connectivity index (χ0) is 13.5. The summed E-state index contributed by atoms with van der Waals surface area (Å²) < 4.78 is 10.5. The number of hydrogen-bond donors (Lipinski definition) is 2. The Balaban J connectivity index is 1.83. The Morgan fingerprint density at radius 3 is 3.21 bits per heavy atom. The summed E-state index contributed by atoms with van der Waals surface area (Å²) in [4.78, 5) is 13.2. The molecule has 0 saturated carbocycles. The standard InChI is InChI=1S/C11H19N5O3/c1-18-7-4-12-8-10-14-15-11(19-10)16-5-2-9(17)13-3-6-16/h12H,2-8H2,1H3,(H,13,17). The van der Waals surface area contributed by atoms with Gasteiger partial charge < -0.3 is 24.7 Å². The number of hydrogen-bond acceptors (Lipinski definition) is 7. The number of ether oxygens (including phenoxy) is 1. The Labute approximate surface area is 111 Å². The zero-order valence-electron chi connectivity index (χ0n) is 11.0. The van der Waals surface area contributed by atoms with Crippen molar-refractivity contribution in [2.45, 2.75) is 13.0 Å². The van der Waals surface area contributed by atoms with Crippen molar-refractivity contribution in [3.05, 3.63) is 5.89 Å². The molecule has 0 unspecified atom stereocenters. The second-order valence-corrected chi connectivity index (χ2v) is 4.23. The number of amides is 1. The van der Waals surface area contributed by atoms with Gasteiger partial charge in [0.2, 0.25) is 11.8 Å². The number of carbonyl (C=O) groups is 1. The third-order valence-corrected chi connectivity index (χ3v) is 2.80. The zero-order valence-corrected chi connectivity index (χ0v) is 11.0. The molecule has 8 nitrogen and oxygen atoms in total. The van der Waals surface area contributed by atoms with Crippen molar-refractivity contribution in [1.29, 1.82) is 0 Å². The summed E-state index contributed by atoms with van der Waals surface area (Å²) in [6.45, 7) is 3.77. The van der Waals surface area contributed by atoms with Crippen LogP contribution in [0.25, 0.3) is 0 Å². The van der Waals surface area contributed by atoms with Crippen LogP contribution in [0.1, 0.15) is 12.3 Å². The van der Waals surface area contributed by atoms with Gasteiger partial charge in [-0.25, -0.2) is 0 Å². The van der Waals surface area contributed by atoms with Gasteiger partial charge in [0.1, 0.15) is 0 Å². The van der Waals surface area contributed by atoms with E-state index in [0.29, 0.717) is 51.1 Å². The van der Waals surface area contributed by atoms with Crippen molar-refractivity contribution in [3.63, 3.8) is 0 Å². The quantitative estimate of drug-likeness (QED) is 0.649. The summed E-state index contributed by atoms with van der Waals surface area (Å²) in [6, 6.07) is 0.472. The number of methoxy groups -OCH3 is 1. The summed E-state index contributed by atoms with van der Waals surface area (Å²) >= 11 is 0. The number of aromatic nitrogens is 2. The van der Waals surface area contributed by atoms with Gasteiger partial charge in [-0.2, -0.15) is 0 Å². The van der Waals surface area contributed by atoms with Crippen molar-refractivity contribution in [3.8, 4) is 0 Å². The maximum atomic E-state index is 11.2. The molecule has 8 heteroatoms. The Hall–Kier alpha value is -1.67. The second kappa shape index (κ2) is 7.05. The fraction of sp³-hybridized carbons (Fsp3) is 0.727. The molecule has 0 aliphatic carbocycles. The molecule has 0 radical (unpaired) electrons. The lowest BCUT2D eigenvalue weighted by atomic mass is 10.4. The van der Waals surface area contributed by atoms with E-state index in [1.54, 1.807) is 7.11 Å². The highest BCUT2D eigenvalue weighted by Crippen LogP contribution is 2.13. The monoisotopic (exact) mass is 269 g/mol. The van der Waals surface area contributed by atoms with E-state index in [2.05, 4.69) is 20.8 Å². The van der Waals surface area contributed by atoms with Crippen LogP contribution in [0.2, 0.25) is 0 Å². The molecule has 0 spiro atoms. The minimum atomic E-state index is 0.0588. The van der Waals surface area contributed by atoms with Gasteiger partial charge >= 0.3 is 6.01 Å². The fourth-order valence-corrected chi connectivity index (χ4v) is 1.77. The highest BCUT2D eigenvalue weighted by Gasteiger charge is 2.18. The summed E-state index contributed by atoms with van der Waals surface area (Å²) in [5.41, 5.74) is 0. The molecular weight excluding hydrogens is 250 g/mol. The van der Waals surface area contributed by atoms with Crippen LogP contribution in [0.4, 0.5) is 6.01 Å². The van der Waals surface area contributed by atoms with Crippen LogP contribution in [-0.4, -0.2) is 56.0 Å². The maximum Gasteiger partial charge on any atom is 0.318 e. The molecule has 2 heterocycles. The number of carbonyl (C=O) groups excluding carboxylic acids is 1. The molecule has 19 heavy (non-hydrogen) atoms. The summed E-state index contributed by atoms with van der Waals surface area (Å²) in [6.07, 6.45) is 0.448. The van der Waals surface area contributed by atoms with Crippen molar-refractivity contribution in [2.24, 2.45) is 0 Å². The number of nitrogens with one attached hydrogen (secondary N) is 2. The van der Waals surface area contributed by atoms with Crippen molar-refractivity contribution in [2.75, 3.05) is 44.8 Å². The first kappa shape index (κ1) is 13.8. The van der Waals surface area contributed by atoms with E-state index in [-0.39, 0.29) is 5.91 Å². The largest absolute Gasteiger partial charge is 0.407 e. The third kappa shape index (κ3) is 4.18. The van der Waals surface area contributed by atoms with Gasteiger partial charge in [-0.05, 0) is 0 Å². The van der Waals surface area contributed by atoms with Gasteiger partial charge in [0, 0.05) is 39.7 Å². The number of rotatable bonds is 6. The third-order valence-electron chi connectivity index (χ3n) is 2.80. The Morgan fingerprint density at radius 1 is 1.47 bits per heavy atom. The van der Waals surface area contributed by atoms with E-state index in [1.165, 1.54) is 0 Å². The topological polar surface area (TPSA) is 92.5 Å². The van der Waals surface area contributed by atoms with E-state index in [1.807, 2.05) is 4.90 Å². The van der Waals surface area contributed by atoms with Crippen LogP contribution in [0.15, 0.2) is 4.42 Å². The summed E-state index contributed by atoms with van der Waals surface area (Å²) in [5, 5.41) is 13.9. The van der Waals surface area contributed by atoms with Gasteiger partial charge in [0.05, 0.1) is 13.2 Å². The molecule has 1 fully saturated rings. The first-order valence-corrected chi connectivity index (χ1v) is 6.33. The van der Waals surface area contributed by atoms with Gasteiger partial charge in [-0.1, -0.05) is 5.10 Å². The minimum absolute atomic E-state index is 0.0588. The Morgan fingerprint density at radius 2 is 2.37 bits per heavy atom. The first-order chi connectivity index (χ1) is 9.29. The molecule has 1 saturated heterocycles. The van der Waals surface area contributed by atoms with E-state index in [0.717, 1.165) is 6.54 Å². The molecule has 2 N–H and O–H groups in total. The van der Waals surface area contributed by atoms with Crippen LogP contribution < -0.4 is 15.5 Å². The Bertz CT molecular complexity index is 409. The van der Waals surface area contributed by atoms with E-state index in [4.69, 9.17) is 9.15 Å². The van der Waals surface area contributed by atoms with Gasteiger partial charge in [0.25, 0.3) is 0 Å². The molecule has 106 valence electrons. The van der Waals surface area contributed by atoms with Gasteiger partial charge in [0.15, 0.2) is 0 Å². The minimum Gasteiger partial charge on any atom is -0.407 e. The second-order valence-electron chi connectivity index (χ2n) is 4.23. The predicted molar refractivity (Wildman–Crippen MR) is 67.7 cm³/mol.